The van der Waals surface area contributed by atoms with Gasteiger partial charge in [0.05, 0.1) is 10.5 Å². The SMILES string of the molecule is O=C(O)c1ccc(CN(CCCNS(=O)(=O)c2ccc(Cl)cc2)Cc2cccnc2)cc1. The molecule has 32 heavy (non-hydrogen) atoms. The summed E-state index contributed by atoms with van der Waals surface area (Å²) in [4.78, 5) is 17.6. The Balaban J connectivity index is 1.60. The van der Waals surface area contributed by atoms with Gasteiger partial charge in [-0.15, -0.1) is 0 Å². The number of halogens is 1. The van der Waals surface area contributed by atoms with Crippen molar-refractivity contribution in [3.05, 3.63) is 94.8 Å². The Kier molecular flexibility index (Phi) is 8.35. The topological polar surface area (TPSA) is 99.6 Å². The fraction of sp³-hybridized carbons (Fsp3) is 0.217. The first-order valence-electron chi connectivity index (χ1n) is 10.0. The van der Waals surface area contributed by atoms with Crippen LogP contribution in [0.5, 0.6) is 0 Å². The van der Waals surface area contributed by atoms with Gasteiger partial charge in [0.25, 0.3) is 0 Å². The summed E-state index contributed by atoms with van der Waals surface area (Å²) in [5, 5.41) is 9.56. The van der Waals surface area contributed by atoms with Gasteiger partial charge in [0.1, 0.15) is 0 Å². The summed E-state index contributed by atoms with van der Waals surface area (Å²) in [5.41, 5.74) is 2.25. The van der Waals surface area contributed by atoms with Gasteiger partial charge in [0.15, 0.2) is 0 Å². The monoisotopic (exact) mass is 473 g/mol. The number of nitrogens with one attached hydrogen (secondary N) is 1. The zero-order valence-electron chi connectivity index (χ0n) is 17.3. The number of rotatable bonds is 11. The number of pyridine rings is 1. The molecule has 0 atom stereocenters. The summed E-state index contributed by atoms with van der Waals surface area (Å²) < 4.78 is 27.5. The molecular formula is C23H24ClN3O4S. The van der Waals surface area contributed by atoms with Crippen molar-refractivity contribution in [2.45, 2.75) is 24.4 Å². The average molecular weight is 474 g/mol. The molecule has 3 aromatic rings. The molecule has 0 unspecified atom stereocenters. The predicted molar refractivity (Wildman–Crippen MR) is 123 cm³/mol. The fourth-order valence-corrected chi connectivity index (χ4v) is 4.38. The summed E-state index contributed by atoms with van der Waals surface area (Å²) in [7, 11) is -3.60. The predicted octanol–water partition coefficient (Wildman–Crippen LogP) is 3.80. The fourth-order valence-electron chi connectivity index (χ4n) is 3.18. The number of benzene rings is 2. The molecule has 0 saturated carbocycles. The highest BCUT2D eigenvalue weighted by Gasteiger charge is 2.14. The quantitative estimate of drug-likeness (QED) is 0.411. The molecule has 168 valence electrons. The van der Waals surface area contributed by atoms with E-state index in [4.69, 9.17) is 16.7 Å². The lowest BCUT2D eigenvalue weighted by Crippen LogP contribution is -2.29. The van der Waals surface area contributed by atoms with Crippen molar-refractivity contribution in [3.63, 3.8) is 0 Å². The van der Waals surface area contributed by atoms with E-state index in [-0.39, 0.29) is 17.0 Å². The molecular weight excluding hydrogens is 450 g/mol. The van der Waals surface area contributed by atoms with Crippen LogP contribution in [0, 0.1) is 0 Å². The Bertz CT molecular complexity index is 1120. The first-order chi connectivity index (χ1) is 15.3. The minimum atomic E-state index is -3.60. The Labute approximate surface area is 192 Å². The molecule has 7 nitrogen and oxygen atoms in total. The van der Waals surface area contributed by atoms with Crippen molar-refractivity contribution in [1.29, 1.82) is 0 Å². The normalized spacial score (nSPS) is 11.6. The summed E-state index contributed by atoms with van der Waals surface area (Å²) in [6, 6.07) is 16.6. The van der Waals surface area contributed by atoms with Gasteiger partial charge in [-0.25, -0.2) is 17.9 Å². The standard InChI is InChI=1S/C23H24ClN3O4S/c24-21-8-10-22(11-9-21)32(30,31)26-13-2-14-27(17-19-3-1-12-25-15-19)16-18-4-6-20(7-5-18)23(28)29/h1,3-12,15,26H,2,13-14,16-17H2,(H,28,29). The Morgan fingerprint density at radius 2 is 1.69 bits per heavy atom. The van der Waals surface area contributed by atoms with Crippen LogP contribution in [0.4, 0.5) is 0 Å². The first kappa shape index (κ1) is 23.9. The molecule has 3 rings (SSSR count). The molecule has 1 aromatic heterocycles. The number of hydrogen-bond donors (Lipinski definition) is 2. The van der Waals surface area contributed by atoms with Crippen LogP contribution in [0.25, 0.3) is 0 Å². The van der Waals surface area contributed by atoms with E-state index in [1.54, 1.807) is 48.8 Å². The summed E-state index contributed by atoms with van der Waals surface area (Å²) in [6.07, 6.45) is 4.11. The number of carboxylic acid groups (broad SMARTS) is 1. The molecule has 9 heteroatoms. The summed E-state index contributed by atoms with van der Waals surface area (Å²) >= 11 is 5.83. The molecule has 0 aliphatic heterocycles. The minimum absolute atomic E-state index is 0.174. The molecule has 0 fully saturated rings. The van der Waals surface area contributed by atoms with E-state index in [0.29, 0.717) is 31.1 Å². The van der Waals surface area contributed by atoms with Crippen molar-refractivity contribution in [3.8, 4) is 0 Å². The van der Waals surface area contributed by atoms with Gasteiger partial charge >= 0.3 is 5.97 Å². The third-order valence-corrected chi connectivity index (χ3v) is 6.53. The molecule has 0 amide bonds. The molecule has 0 saturated heterocycles. The molecule has 0 aliphatic rings. The van der Waals surface area contributed by atoms with Crippen LogP contribution in [-0.2, 0) is 23.1 Å². The van der Waals surface area contributed by atoms with Gasteiger partial charge in [-0.2, -0.15) is 0 Å². The molecule has 2 N–H and O–H groups in total. The van der Waals surface area contributed by atoms with Crippen LogP contribution in [0.1, 0.15) is 27.9 Å². The third kappa shape index (κ3) is 7.13. The van der Waals surface area contributed by atoms with Crippen LogP contribution in [0.15, 0.2) is 78.0 Å². The highest BCUT2D eigenvalue weighted by atomic mass is 35.5. The number of sulfonamides is 1. The highest BCUT2D eigenvalue weighted by molar-refractivity contribution is 7.89. The second-order valence-electron chi connectivity index (χ2n) is 7.28. The highest BCUT2D eigenvalue weighted by Crippen LogP contribution is 2.14. The van der Waals surface area contributed by atoms with E-state index in [9.17, 15) is 13.2 Å². The van der Waals surface area contributed by atoms with E-state index in [1.807, 2.05) is 12.1 Å². The Morgan fingerprint density at radius 3 is 2.31 bits per heavy atom. The van der Waals surface area contributed by atoms with Gasteiger partial charge in [-0.05, 0) is 60.0 Å². The maximum absolute atomic E-state index is 12.4. The number of aromatic carboxylic acids is 1. The van der Waals surface area contributed by atoms with Crippen molar-refractivity contribution >= 4 is 27.6 Å². The van der Waals surface area contributed by atoms with Crippen molar-refractivity contribution in [1.82, 2.24) is 14.6 Å². The van der Waals surface area contributed by atoms with E-state index >= 15 is 0 Å². The molecule has 0 spiro atoms. The zero-order chi connectivity index (χ0) is 23.0. The zero-order valence-corrected chi connectivity index (χ0v) is 18.9. The van der Waals surface area contributed by atoms with E-state index in [2.05, 4.69) is 14.6 Å². The largest absolute Gasteiger partial charge is 0.478 e. The van der Waals surface area contributed by atoms with E-state index in [1.165, 1.54) is 12.1 Å². The third-order valence-electron chi connectivity index (χ3n) is 4.80. The first-order valence-corrected chi connectivity index (χ1v) is 11.9. The average Bonchev–Trinajstić information content (AvgIpc) is 2.78. The van der Waals surface area contributed by atoms with Gasteiger partial charge < -0.3 is 5.11 Å². The summed E-state index contributed by atoms with van der Waals surface area (Å²) in [6.45, 7) is 2.16. The number of carboxylic acids is 1. The lowest BCUT2D eigenvalue weighted by atomic mass is 10.1. The van der Waals surface area contributed by atoms with Gasteiger partial charge in [-0.1, -0.05) is 29.8 Å². The van der Waals surface area contributed by atoms with Crippen LogP contribution >= 0.6 is 11.6 Å². The van der Waals surface area contributed by atoms with Gasteiger partial charge in [0, 0.05) is 43.6 Å². The Morgan fingerprint density at radius 1 is 1.00 bits per heavy atom. The molecule has 0 aliphatic carbocycles. The van der Waals surface area contributed by atoms with E-state index in [0.717, 1.165) is 11.1 Å². The number of aromatic nitrogens is 1. The second-order valence-corrected chi connectivity index (χ2v) is 9.48. The maximum Gasteiger partial charge on any atom is 0.335 e. The smallest absolute Gasteiger partial charge is 0.335 e. The molecule has 0 radical (unpaired) electrons. The van der Waals surface area contributed by atoms with Crippen LogP contribution in [-0.4, -0.2) is 42.5 Å². The maximum atomic E-state index is 12.4. The lowest BCUT2D eigenvalue weighted by molar-refractivity contribution is 0.0697. The lowest BCUT2D eigenvalue weighted by Gasteiger charge is -2.22. The van der Waals surface area contributed by atoms with Crippen LogP contribution in [0.2, 0.25) is 5.02 Å². The number of carbonyl (C=O) groups is 1. The molecule has 0 bridgehead atoms. The van der Waals surface area contributed by atoms with Crippen molar-refractivity contribution in [2.24, 2.45) is 0 Å². The number of hydrogen-bond acceptors (Lipinski definition) is 5. The van der Waals surface area contributed by atoms with Crippen LogP contribution < -0.4 is 4.72 Å². The van der Waals surface area contributed by atoms with Crippen LogP contribution in [0.3, 0.4) is 0 Å². The van der Waals surface area contributed by atoms with Crippen molar-refractivity contribution < 1.29 is 18.3 Å². The van der Waals surface area contributed by atoms with Gasteiger partial charge in [-0.3, -0.25) is 9.88 Å². The molecule has 1 heterocycles. The van der Waals surface area contributed by atoms with Crippen molar-refractivity contribution in [2.75, 3.05) is 13.1 Å². The molecule has 2 aromatic carbocycles. The van der Waals surface area contributed by atoms with E-state index < -0.39 is 16.0 Å². The summed E-state index contributed by atoms with van der Waals surface area (Å²) in [5.74, 6) is -0.961. The second kappa shape index (κ2) is 11.2. The van der Waals surface area contributed by atoms with Gasteiger partial charge in [0.2, 0.25) is 10.0 Å². The Hall–Kier alpha value is -2.78. The number of nitrogens with zero attached hydrogens (tertiary/aromatic N) is 2. The minimum Gasteiger partial charge on any atom is -0.478 e.